The van der Waals surface area contributed by atoms with Crippen molar-refractivity contribution >= 4 is 34.5 Å². The lowest BCUT2D eigenvalue weighted by Gasteiger charge is -2.25. The molecule has 8 nitrogen and oxygen atoms in total. The fraction of sp³-hybridized carbons (Fsp3) is 0.214. The van der Waals surface area contributed by atoms with Crippen LogP contribution in [0, 0.1) is 0 Å². The molecule has 0 unspecified atom stereocenters. The van der Waals surface area contributed by atoms with Gasteiger partial charge in [-0.15, -0.1) is 6.58 Å². The Bertz CT molecular complexity index is 1660. The molecule has 3 heterocycles. The molecule has 1 atom stereocenters. The van der Waals surface area contributed by atoms with Crippen molar-refractivity contribution in [2.45, 2.75) is 19.9 Å². The van der Waals surface area contributed by atoms with E-state index >= 15 is 0 Å². The van der Waals surface area contributed by atoms with Crippen molar-refractivity contribution in [1.82, 2.24) is 4.57 Å². The lowest BCUT2D eigenvalue weighted by Crippen LogP contribution is -2.41. The summed E-state index contributed by atoms with van der Waals surface area (Å²) in [6, 6.07) is 13.8. The molecule has 1 aromatic heterocycles. The summed E-state index contributed by atoms with van der Waals surface area (Å²) in [5, 5.41) is 0. The Morgan fingerprint density at radius 2 is 1.97 bits per heavy atom. The number of rotatable bonds is 6. The Balaban J connectivity index is 1.82. The van der Waals surface area contributed by atoms with Crippen LogP contribution in [0.5, 0.6) is 5.75 Å². The lowest BCUT2D eigenvalue weighted by atomic mass is 9.95. The summed E-state index contributed by atoms with van der Waals surface area (Å²) in [6.45, 7) is 7.71. The summed E-state index contributed by atoms with van der Waals surface area (Å²) in [6.07, 6.45) is 1.65. The van der Waals surface area contributed by atoms with E-state index in [0.717, 1.165) is 17.0 Å². The third kappa shape index (κ3) is 3.92. The molecule has 2 aliphatic rings. The molecule has 37 heavy (non-hydrogen) atoms. The predicted octanol–water partition coefficient (Wildman–Crippen LogP) is 2.71. The number of carbonyl (C=O) groups is 2. The lowest BCUT2D eigenvalue weighted by molar-refractivity contribution is -0.139. The van der Waals surface area contributed by atoms with Gasteiger partial charge in [0.1, 0.15) is 10.3 Å². The van der Waals surface area contributed by atoms with Crippen LogP contribution in [0.2, 0.25) is 0 Å². The maximum atomic E-state index is 14.1. The van der Waals surface area contributed by atoms with Crippen molar-refractivity contribution in [2.75, 3.05) is 25.2 Å². The Morgan fingerprint density at radius 1 is 1.19 bits per heavy atom. The molecule has 3 aromatic rings. The van der Waals surface area contributed by atoms with Crippen LogP contribution in [0.15, 0.2) is 82.2 Å². The van der Waals surface area contributed by atoms with Crippen LogP contribution in [-0.4, -0.2) is 36.7 Å². The summed E-state index contributed by atoms with van der Waals surface area (Å²) in [4.78, 5) is 47.3. The van der Waals surface area contributed by atoms with Gasteiger partial charge in [0.25, 0.3) is 11.5 Å². The van der Waals surface area contributed by atoms with Crippen molar-refractivity contribution < 1.29 is 19.1 Å². The highest BCUT2D eigenvalue weighted by Crippen LogP contribution is 2.36. The van der Waals surface area contributed by atoms with Gasteiger partial charge in [0, 0.05) is 12.1 Å². The summed E-state index contributed by atoms with van der Waals surface area (Å²) >= 11 is 1.14. The first kappa shape index (κ1) is 24.5. The van der Waals surface area contributed by atoms with Crippen molar-refractivity contribution in [2.24, 2.45) is 4.99 Å². The zero-order chi connectivity index (χ0) is 26.3. The van der Waals surface area contributed by atoms with Gasteiger partial charge in [-0.2, -0.15) is 0 Å². The summed E-state index contributed by atoms with van der Waals surface area (Å²) < 4.78 is 12.5. The molecule has 0 spiro atoms. The van der Waals surface area contributed by atoms with Crippen LogP contribution >= 0.6 is 11.3 Å². The van der Waals surface area contributed by atoms with Gasteiger partial charge in [0.2, 0.25) is 0 Å². The Hall–Kier alpha value is -4.24. The third-order valence-corrected chi connectivity index (χ3v) is 7.42. The van der Waals surface area contributed by atoms with Crippen LogP contribution < -0.4 is 24.5 Å². The van der Waals surface area contributed by atoms with Crippen LogP contribution in [-0.2, 0) is 14.3 Å². The molecule has 1 amide bonds. The number of ether oxygens (including phenoxy) is 2. The minimum Gasteiger partial charge on any atom is -0.497 e. The van der Waals surface area contributed by atoms with Gasteiger partial charge in [-0.25, -0.2) is 9.79 Å². The summed E-state index contributed by atoms with van der Waals surface area (Å²) in [5.41, 5.74) is 2.72. The highest BCUT2D eigenvalue weighted by atomic mass is 32.1. The van der Waals surface area contributed by atoms with Crippen molar-refractivity contribution in [3.05, 3.63) is 103 Å². The van der Waals surface area contributed by atoms with Gasteiger partial charge >= 0.3 is 5.97 Å². The average molecular weight is 516 g/mol. The Kier molecular flexibility index (Phi) is 6.39. The molecule has 5 rings (SSSR count). The van der Waals surface area contributed by atoms with E-state index in [9.17, 15) is 14.4 Å². The molecule has 9 heteroatoms. The molecular formula is C28H25N3O5S. The first-order chi connectivity index (χ1) is 17.9. The second-order valence-corrected chi connectivity index (χ2v) is 9.47. The number of methoxy groups -OCH3 is 1. The maximum Gasteiger partial charge on any atom is 0.338 e. The van der Waals surface area contributed by atoms with Crippen molar-refractivity contribution in [3.8, 4) is 5.75 Å². The largest absolute Gasteiger partial charge is 0.497 e. The Labute approximate surface area is 217 Å². The van der Waals surface area contributed by atoms with Gasteiger partial charge in [-0.3, -0.25) is 14.2 Å². The number of amides is 1. The molecule has 0 N–H and O–H groups in total. The maximum absolute atomic E-state index is 14.1. The number of aromatic nitrogens is 1. The second kappa shape index (κ2) is 9.67. The topological polar surface area (TPSA) is 90.2 Å². The van der Waals surface area contributed by atoms with Gasteiger partial charge < -0.3 is 14.4 Å². The van der Waals surface area contributed by atoms with E-state index in [1.165, 1.54) is 4.57 Å². The molecule has 0 saturated carbocycles. The minimum atomic E-state index is -0.796. The van der Waals surface area contributed by atoms with E-state index in [2.05, 4.69) is 11.6 Å². The molecule has 0 bridgehead atoms. The van der Waals surface area contributed by atoms with Gasteiger partial charge in [0.05, 0.1) is 42.3 Å². The molecule has 0 saturated heterocycles. The quantitative estimate of drug-likeness (QED) is 0.372. The molecule has 188 valence electrons. The number of hydrogen-bond acceptors (Lipinski definition) is 7. The number of anilines is 1. The first-order valence-corrected chi connectivity index (χ1v) is 12.6. The zero-order valence-electron chi connectivity index (χ0n) is 20.7. The number of fused-ring (bicyclic) bond motifs is 2. The number of thiazole rings is 1. The molecule has 0 aliphatic carbocycles. The minimum absolute atomic E-state index is 0.180. The fourth-order valence-corrected chi connectivity index (χ4v) is 5.92. The highest BCUT2D eigenvalue weighted by molar-refractivity contribution is 7.07. The van der Waals surface area contributed by atoms with Crippen LogP contribution in [0.4, 0.5) is 5.69 Å². The van der Waals surface area contributed by atoms with Crippen LogP contribution in [0.3, 0.4) is 0 Å². The third-order valence-electron chi connectivity index (χ3n) is 6.36. The highest BCUT2D eigenvalue weighted by Gasteiger charge is 2.37. The normalized spacial score (nSPS) is 17.8. The van der Waals surface area contributed by atoms with E-state index in [4.69, 9.17) is 9.47 Å². The second-order valence-electron chi connectivity index (χ2n) is 8.50. The van der Waals surface area contributed by atoms with Gasteiger partial charge in [-0.05, 0) is 37.6 Å². The number of para-hydroxylation sites is 1. The van der Waals surface area contributed by atoms with Crippen molar-refractivity contribution in [3.63, 3.8) is 0 Å². The predicted molar refractivity (Wildman–Crippen MR) is 141 cm³/mol. The van der Waals surface area contributed by atoms with Gasteiger partial charge in [-0.1, -0.05) is 47.7 Å². The number of esters is 1. The van der Waals surface area contributed by atoms with E-state index in [-0.39, 0.29) is 22.6 Å². The number of carbonyl (C=O) groups excluding carboxylic acids is 2. The number of allylic oxidation sites excluding steroid dienone is 1. The van der Waals surface area contributed by atoms with E-state index in [1.54, 1.807) is 50.1 Å². The molecule has 0 radical (unpaired) electrons. The summed E-state index contributed by atoms with van der Waals surface area (Å²) in [7, 11) is 1.55. The van der Waals surface area contributed by atoms with Crippen LogP contribution in [0.25, 0.3) is 5.57 Å². The van der Waals surface area contributed by atoms with E-state index in [1.807, 2.05) is 30.3 Å². The smallest absolute Gasteiger partial charge is 0.338 e. The van der Waals surface area contributed by atoms with Crippen molar-refractivity contribution in [1.29, 1.82) is 0 Å². The zero-order valence-corrected chi connectivity index (χ0v) is 21.5. The van der Waals surface area contributed by atoms with Gasteiger partial charge in [0.15, 0.2) is 4.80 Å². The van der Waals surface area contributed by atoms with Crippen LogP contribution in [0.1, 0.15) is 31.0 Å². The average Bonchev–Trinajstić information content (AvgIpc) is 3.36. The Morgan fingerprint density at radius 3 is 2.70 bits per heavy atom. The molecule has 0 fully saturated rings. The molecule has 2 aromatic carbocycles. The summed E-state index contributed by atoms with van der Waals surface area (Å²) in [5.74, 6) is -0.236. The standard InChI is InChI=1S/C28H25N3O5S/c1-5-14-30-20-13-8-7-12-19(20)22(25(30)32)24-26(33)31-23(17-10-9-11-18(15-17)35-4)21(27(34)36-6-2)16(3)29-28(31)37-24/h5,7-13,15,23H,1,6,14H2,2-4H3/b24-22+/t23-/m1/s1. The fourth-order valence-electron chi connectivity index (χ4n) is 4.78. The number of nitrogens with zero attached hydrogens (tertiary/aromatic N) is 3. The molecule has 2 aliphatic heterocycles. The van der Waals surface area contributed by atoms with E-state index in [0.29, 0.717) is 39.5 Å². The monoisotopic (exact) mass is 515 g/mol. The molecular weight excluding hydrogens is 490 g/mol. The number of benzene rings is 2. The first-order valence-electron chi connectivity index (χ1n) is 11.8. The van der Waals surface area contributed by atoms with E-state index < -0.39 is 17.6 Å². The SMILES string of the molecule is C=CCN1C(=O)/C(=c2/sc3n(c2=O)[C@H](c2cccc(OC)c2)C(C(=O)OCC)=C(C)N=3)c2ccccc21. The number of hydrogen-bond donors (Lipinski definition) is 0.